The van der Waals surface area contributed by atoms with Gasteiger partial charge in [-0.1, -0.05) is 32.2 Å². The quantitative estimate of drug-likeness (QED) is 0.362. The maximum Gasteiger partial charge on any atom is 0.207 e. The number of amides is 1. The smallest absolute Gasteiger partial charge is 0.207 e. The van der Waals surface area contributed by atoms with Gasteiger partial charge in [0.05, 0.1) is 0 Å². The average molecular weight is 179 g/mol. The van der Waals surface area contributed by atoms with Crippen LogP contribution in [0.1, 0.15) is 19.8 Å². The van der Waals surface area contributed by atoms with Gasteiger partial charge < -0.3 is 5.32 Å². The van der Waals surface area contributed by atoms with Crippen LogP contribution in [0.15, 0.2) is 36.5 Å². The summed E-state index contributed by atoms with van der Waals surface area (Å²) in [6.07, 6.45) is 6.15. The Balaban J connectivity index is 4.28. The minimum absolute atomic E-state index is 0.655. The van der Waals surface area contributed by atoms with E-state index < -0.39 is 0 Å². The highest BCUT2D eigenvalue weighted by molar-refractivity contribution is 5.46. The van der Waals surface area contributed by atoms with Crippen LogP contribution in [0.5, 0.6) is 0 Å². The molecule has 0 aliphatic carbocycles. The van der Waals surface area contributed by atoms with Crippen LogP contribution < -0.4 is 5.32 Å². The molecule has 0 spiro atoms. The summed E-state index contributed by atoms with van der Waals surface area (Å²) in [5, 5.41) is 2.62. The van der Waals surface area contributed by atoms with Crippen molar-refractivity contribution < 1.29 is 4.79 Å². The highest BCUT2D eigenvalue weighted by atomic mass is 16.1. The topological polar surface area (TPSA) is 29.1 Å². The molecule has 0 aromatic heterocycles. The molecule has 0 saturated heterocycles. The van der Waals surface area contributed by atoms with Crippen molar-refractivity contribution in [3.8, 4) is 0 Å². The van der Waals surface area contributed by atoms with Crippen LogP contribution in [0.2, 0.25) is 0 Å². The van der Waals surface area contributed by atoms with Crippen molar-refractivity contribution in [2.45, 2.75) is 19.8 Å². The van der Waals surface area contributed by atoms with E-state index in [-0.39, 0.29) is 0 Å². The number of carbonyl (C=O) groups is 1. The molecule has 0 unspecified atom stereocenters. The zero-order valence-corrected chi connectivity index (χ0v) is 8.18. The van der Waals surface area contributed by atoms with E-state index in [0.717, 1.165) is 18.4 Å². The molecule has 0 aliphatic rings. The SMILES string of the molecule is C=C/C(CC)=C(\C=C)CCNC=O. The lowest BCUT2D eigenvalue weighted by atomic mass is 10.0. The molecule has 72 valence electrons. The van der Waals surface area contributed by atoms with Crippen molar-refractivity contribution >= 4 is 6.41 Å². The van der Waals surface area contributed by atoms with E-state index in [1.165, 1.54) is 5.57 Å². The van der Waals surface area contributed by atoms with Crippen LogP contribution in [0.25, 0.3) is 0 Å². The molecule has 0 aliphatic heterocycles. The van der Waals surface area contributed by atoms with Crippen LogP contribution in [0, 0.1) is 0 Å². The fourth-order valence-corrected chi connectivity index (χ4v) is 1.16. The van der Waals surface area contributed by atoms with Crippen LogP contribution in [-0.4, -0.2) is 13.0 Å². The van der Waals surface area contributed by atoms with Crippen molar-refractivity contribution in [3.05, 3.63) is 36.5 Å². The Bertz CT molecular complexity index is 216. The van der Waals surface area contributed by atoms with Gasteiger partial charge in [0.15, 0.2) is 0 Å². The number of hydrogen-bond donors (Lipinski definition) is 1. The fourth-order valence-electron chi connectivity index (χ4n) is 1.16. The first kappa shape index (κ1) is 11.7. The minimum Gasteiger partial charge on any atom is -0.358 e. The van der Waals surface area contributed by atoms with Crippen LogP contribution >= 0.6 is 0 Å². The molecule has 1 amide bonds. The summed E-state index contributed by atoms with van der Waals surface area (Å²) in [5.41, 5.74) is 2.36. The average Bonchev–Trinajstić information content (AvgIpc) is 2.17. The second-order valence-electron chi connectivity index (χ2n) is 2.63. The van der Waals surface area contributed by atoms with Gasteiger partial charge in [-0.2, -0.15) is 0 Å². The second-order valence-corrected chi connectivity index (χ2v) is 2.63. The van der Waals surface area contributed by atoms with Crippen LogP contribution in [-0.2, 0) is 4.79 Å². The Hall–Kier alpha value is -1.31. The Morgan fingerprint density at radius 2 is 1.92 bits per heavy atom. The molecule has 0 atom stereocenters. The van der Waals surface area contributed by atoms with Gasteiger partial charge in [0.2, 0.25) is 6.41 Å². The summed E-state index contributed by atoms with van der Waals surface area (Å²) in [5.74, 6) is 0. The zero-order valence-electron chi connectivity index (χ0n) is 8.18. The third kappa shape index (κ3) is 4.31. The maximum absolute atomic E-state index is 10.0. The van der Waals surface area contributed by atoms with Gasteiger partial charge in [0.25, 0.3) is 0 Å². The van der Waals surface area contributed by atoms with E-state index in [4.69, 9.17) is 0 Å². The van der Waals surface area contributed by atoms with Crippen LogP contribution in [0.4, 0.5) is 0 Å². The molecule has 0 radical (unpaired) electrons. The first-order valence-electron chi connectivity index (χ1n) is 4.44. The lowest BCUT2D eigenvalue weighted by molar-refractivity contribution is -0.109. The normalized spacial score (nSPS) is 11.5. The summed E-state index contributed by atoms with van der Waals surface area (Å²) < 4.78 is 0. The Morgan fingerprint density at radius 1 is 1.31 bits per heavy atom. The first-order valence-corrected chi connectivity index (χ1v) is 4.44. The van der Waals surface area contributed by atoms with Gasteiger partial charge in [-0.05, 0) is 24.0 Å². The number of allylic oxidation sites excluding steroid dienone is 3. The molecule has 2 heteroatoms. The summed E-state index contributed by atoms with van der Waals surface area (Å²) in [6.45, 7) is 10.2. The predicted octanol–water partition coefficient (Wildman–Crippen LogP) is 2.20. The first-order chi connectivity index (χ1) is 6.29. The molecule has 0 heterocycles. The van der Waals surface area contributed by atoms with E-state index in [1.54, 1.807) is 0 Å². The van der Waals surface area contributed by atoms with Gasteiger partial charge in [-0.25, -0.2) is 0 Å². The Kier molecular flexibility index (Phi) is 6.60. The fraction of sp³-hybridized carbons (Fsp3) is 0.364. The molecular formula is C11H17NO. The number of nitrogens with one attached hydrogen (secondary N) is 1. The van der Waals surface area contributed by atoms with Crippen LogP contribution in [0.3, 0.4) is 0 Å². The summed E-state index contributed by atoms with van der Waals surface area (Å²) in [4.78, 5) is 10.0. The van der Waals surface area contributed by atoms with Gasteiger partial charge in [-0.15, -0.1) is 0 Å². The van der Waals surface area contributed by atoms with E-state index in [2.05, 4.69) is 25.4 Å². The molecule has 1 N–H and O–H groups in total. The van der Waals surface area contributed by atoms with Gasteiger partial charge in [0, 0.05) is 6.54 Å². The second kappa shape index (κ2) is 7.35. The van der Waals surface area contributed by atoms with E-state index >= 15 is 0 Å². The number of rotatable bonds is 7. The summed E-state index contributed by atoms with van der Waals surface area (Å²) in [6, 6.07) is 0. The molecule has 0 aromatic carbocycles. The third-order valence-corrected chi connectivity index (χ3v) is 1.91. The molecule has 0 aromatic rings. The summed E-state index contributed by atoms with van der Waals surface area (Å²) in [7, 11) is 0. The van der Waals surface area contributed by atoms with Gasteiger partial charge in [-0.3, -0.25) is 4.79 Å². The third-order valence-electron chi connectivity index (χ3n) is 1.91. The van der Waals surface area contributed by atoms with Gasteiger partial charge in [0.1, 0.15) is 0 Å². The predicted molar refractivity (Wildman–Crippen MR) is 56.4 cm³/mol. The molecule has 0 saturated carbocycles. The number of carbonyl (C=O) groups excluding carboxylic acids is 1. The molecule has 0 bridgehead atoms. The Labute approximate surface area is 80.0 Å². The van der Waals surface area contributed by atoms with Crippen molar-refractivity contribution in [2.24, 2.45) is 0 Å². The molecule has 0 fully saturated rings. The maximum atomic E-state index is 10.0. The highest BCUT2D eigenvalue weighted by Gasteiger charge is 1.97. The lowest BCUT2D eigenvalue weighted by Crippen LogP contribution is -2.12. The largest absolute Gasteiger partial charge is 0.358 e. The molecule has 0 rings (SSSR count). The van der Waals surface area contributed by atoms with Crippen molar-refractivity contribution in [3.63, 3.8) is 0 Å². The lowest BCUT2D eigenvalue weighted by Gasteiger charge is -2.06. The monoisotopic (exact) mass is 179 g/mol. The zero-order chi connectivity index (χ0) is 10.1. The van der Waals surface area contributed by atoms with E-state index in [9.17, 15) is 4.79 Å². The minimum atomic E-state index is 0.655. The Morgan fingerprint density at radius 3 is 2.31 bits per heavy atom. The number of hydrogen-bond acceptors (Lipinski definition) is 1. The van der Waals surface area contributed by atoms with Crippen molar-refractivity contribution in [2.75, 3.05) is 6.54 Å². The molecule has 2 nitrogen and oxygen atoms in total. The summed E-state index contributed by atoms with van der Waals surface area (Å²) >= 11 is 0. The van der Waals surface area contributed by atoms with Crippen molar-refractivity contribution in [1.29, 1.82) is 0 Å². The standard InChI is InChI=1S/C11H17NO/c1-4-10(5-2)11(6-3)7-8-12-9-13/h4,6,9H,1,3,5,7-8H2,2H3,(H,12,13)/b11-10-. The molecule has 13 heavy (non-hydrogen) atoms. The molecular weight excluding hydrogens is 162 g/mol. The van der Waals surface area contributed by atoms with Crippen molar-refractivity contribution in [1.82, 2.24) is 5.32 Å². The highest BCUT2D eigenvalue weighted by Crippen LogP contribution is 2.13. The van der Waals surface area contributed by atoms with Gasteiger partial charge >= 0.3 is 0 Å². The van der Waals surface area contributed by atoms with E-state index in [1.807, 2.05) is 12.2 Å². The van der Waals surface area contributed by atoms with E-state index in [0.29, 0.717) is 13.0 Å².